The molecule has 0 spiro atoms. The van der Waals surface area contributed by atoms with Crippen LogP contribution in [0.3, 0.4) is 0 Å². The summed E-state index contributed by atoms with van der Waals surface area (Å²) in [6.45, 7) is 7.15. The van der Waals surface area contributed by atoms with Gasteiger partial charge in [0.25, 0.3) is 0 Å². The van der Waals surface area contributed by atoms with Gasteiger partial charge < -0.3 is 10.6 Å². The third-order valence-corrected chi connectivity index (χ3v) is 7.60. The van der Waals surface area contributed by atoms with Crippen LogP contribution in [0, 0.1) is 22.7 Å². The Kier molecular flexibility index (Phi) is 7.29. The Balaban J connectivity index is 1.82. The number of nitrogens with one attached hydrogen (secondary N) is 2. The van der Waals surface area contributed by atoms with Gasteiger partial charge in [-0.3, -0.25) is 4.79 Å². The summed E-state index contributed by atoms with van der Waals surface area (Å²) in [6, 6.07) is 17.0. The van der Waals surface area contributed by atoms with Crippen molar-refractivity contribution in [1.29, 1.82) is 5.26 Å². The fourth-order valence-corrected chi connectivity index (χ4v) is 5.70. The Morgan fingerprint density at radius 3 is 2.44 bits per heavy atom. The van der Waals surface area contributed by atoms with Crippen LogP contribution in [0.25, 0.3) is 0 Å². The fourth-order valence-electron chi connectivity index (χ4n) is 5.37. The molecule has 2 aliphatic rings. The van der Waals surface area contributed by atoms with Gasteiger partial charge in [0.1, 0.15) is 5.41 Å². The van der Waals surface area contributed by atoms with Crippen LogP contribution in [0.5, 0.6) is 0 Å². The Hall–Kier alpha value is -2.06. The lowest BCUT2D eigenvalue weighted by atomic mass is 9.63. The molecular weight excluding hydrogens is 465 g/mol. The summed E-state index contributed by atoms with van der Waals surface area (Å²) in [7, 11) is 0. The van der Waals surface area contributed by atoms with Gasteiger partial charge in [-0.25, -0.2) is 0 Å². The smallest absolute Gasteiger partial charge is 0.237 e. The molecular formula is C28H33Cl2N3O. The van der Waals surface area contributed by atoms with E-state index in [4.69, 9.17) is 23.2 Å². The van der Waals surface area contributed by atoms with Crippen molar-refractivity contribution in [2.75, 3.05) is 6.54 Å². The minimum Gasteiger partial charge on any atom is -0.355 e. The number of hydrogen-bond donors (Lipinski definition) is 2. The summed E-state index contributed by atoms with van der Waals surface area (Å²) in [5, 5.41) is 18.8. The highest BCUT2D eigenvalue weighted by Gasteiger charge is 2.59. The normalized spacial score (nSPS) is 26.8. The molecule has 2 aromatic carbocycles. The fraction of sp³-hybridized carbons (Fsp3) is 0.500. The zero-order valence-electron chi connectivity index (χ0n) is 20.1. The number of nitriles is 1. The third-order valence-electron chi connectivity index (χ3n) is 7.12. The molecule has 1 saturated heterocycles. The standard InChI is InChI=1S/C28H33Cl2N3O/c1-27(2,3)16-23-28(17-31,20-9-11-21(29)12-10-20)24(19-5-4-6-22(30)15-19)25(33-23)26(34)32-14-13-18-7-8-18/h4-6,9-12,15,18,23-25,33H,7-8,13-14,16H2,1-3H3,(H,32,34). The highest BCUT2D eigenvalue weighted by Crippen LogP contribution is 2.51. The Bertz CT molecular complexity index is 1070. The highest BCUT2D eigenvalue weighted by molar-refractivity contribution is 6.30. The summed E-state index contributed by atoms with van der Waals surface area (Å²) in [4.78, 5) is 13.6. The number of rotatable bonds is 7. The maximum atomic E-state index is 13.6. The van der Waals surface area contributed by atoms with Crippen LogP contribution < -0.4 is 10.6 Å². The van der Waals surface area contributed by atoms with Crippen molar-refractivity contribution in [1.82, 2.24) is 10.6 Å². The first-order chi connectivity index (χ1) is 16.1. The molecule has 1 saturated carbocycles. The average molecular weight is 498 g/mol. The second-order valence-corrected chi connectivity index (χ2v) is 11.9. The van der Waals surface area contributed by atoms with Crippen LogP contribution >= 0.6 is 23.2 Å². The zero-order valence-corrected chi connectivity index (χ0v) is 21.6. The van der Waals surface area contributed by atoms with E-state index < -0.39 is 17.4 Å². The molecule has 2 fully saturated rings. The predicted octanol–water partition coefficient (Wildman–Crippen LogP) is 6.23. The first kappa shape index (κ1) is 25.0. The molecule has 4 rings (SSSR count). The van der Waals surface area contributed by atoms with Crippen LogP contribution in [0.15, 0.2) is 48.5 Å². The quantitative estimate of drug-likeness (QED) is 0.476. The number of benzene rings is 2. The Labute approximate surface area is 213 Å². The van der Waals surface area contributed by atoms with Crippen LogP contribution in [-0.2, 0) is 10.2 Å². The SMILES string of the molecule is CC(C)(C)CC1NC(C(=O)NCCC2CC2)C(c2cccc(Cl)c2)C1(C#N)c1ccc(Cl)cc1. The number of hydrogen-bond acceptors (Lipinski definition) is 3. The molecule has 0 radical (unpaired) electrons. The summed E-state index contributed by atoms with van der Waals surface area (Å²) in [5.74, 6) is 0.266. The Morgan fingerprint density at radius 1 is 1.15 bits per heavy atom. The average Bonchev–Trinajstić information content (AvgIpc) is 3.54. The van der Waals surface area contributed by atoms with Gasteiger partial charge in [0, 0.05) is 28.5 Å². The lowest BCUT2D eigenvalue weighted by Crippen LogP contribution is -2.45. The minimum absolute atomic E-state index is 0.0532. The molecule has 1 aliphatic heterocycles. The molecule has 1 aliphatic carbocycles. The largest absolute Gasteiger partial charge is 0.355 e. The second kappa shape index (κ2) is 9.90. The predicted molar refractivity (Wildman–Crippen MR) is 138 cm³/mol. The minimum atomic E-state index is -0.971. The van der Waals surface area contributed by atoms with Gasteiger partial charge >= 0.3 is 0 Å². The van der Waals surface area contributed by atoms with Crippen molar-refractivity contribution < 1.29 is 4.79 Å². The van der Waals surface area contributed by atoms with E-state index in [9.17, 15) is 10.1 Å². The van der Waals surface area contributed by atoms with Crippen LogP contribution in [0.2, 0.25) is 10.0 Å². The summed E-state index contributed by atoms with van der Waals surface area (Å²) >= 11 is 12.6. The molecule has 180 valence electrons. The van der Waals surface area contributed by atoms with Crippen molar-refractivity contribution in [3.63, 3.8) is 0 Å². The van der Waals surface area contributed by atoms with Crippen LogP contribution in [0.1, 0.15) is 63.5 Å². The molecule has 2 aromatic rings. The monoisotopic (exact) mass is 497 g/mol. The van der Waals surface area contributed by atoms with E-state index in [1.54, 1.807) is 0 Å². The van der Waals surface area contributed by atoms with Crippen molar-refractivity contribution in [2.45, 2.75) is 69.9 Å². The molecule has 4 nitrogen and oxygen atoms in total. The van der Waals surface area contributed by atoms with Crippen molar-refractivity contribution in [3.05, 3.63) is 69.7 Å². The van der Waals surface area contributed by atoms with Crippen LogP contribution in [-0.4, -0.2) is 24.5 Å². The number of halogens is 2. The molecule has 4 atom stereocenters. The number of nitrogens with zero attached hydrogens (tertiary/aromatic N) is 1. The van der Waals surface area contributed by atoms with Gasteiger partial charge in [-0.15, -0.1) is 0 Å². The molecule has 4 unspecified atom stereocenters. The van der Waals surface area contributed by atoms with Gasteiger partial charge in [-0.05, 0) is 59.6 Å². The van der Waals surface area contributed by atoms with Crippen molar-refractivity contribution in [2.24, 2.45) is 11.3 Å². The number of carbonyl (C=O) groups is 1. The number of amides is 1. The maximum absolute atomic E-state index is 13.6. The molecule has 34 heavy (non-hydrogen) atoms. The van der Waals surface area contributed by atoms with Crippen molar-refractivity contribution >= 4 is 29.1 Å². The molecule has 2 N–H and O–H groups in total. The van der Waals surface area contributed by atoms with Gasteiger partial charge in [0.2, 0.25) is 5.91 Å². The summed E-state index contributed by atoms with van der Waals surface area (Å²) in [5.41, 5.74) is 0.721. The van der Waals surface area contributed by atoms with E-state index in [0.717, 1.165) is 29.9 Å². The first-order valence-electron chi connectivity index (χ1n) is 12.1. The van der Waals surface area contributed by atoms with Gasteiger partial charge in [-0.2, -0.15) is 5.26 Å². The maximum Gasteiger partial charge on any atom is 0.237 e. The molecule has 0 aromatic heterocycles. The molecule has 0 bridgehead atoms. The topological polar surface area (TPSA) is 64.9 Å². The summed E-state index contributed by atoms with van der Waals surface area (Å²) < 4.78 is 0. The zero-order chi connectivity index (χ0) is 24.5. The molecule has 1 heterocycles. The lowest BCUT2D eigenvalue weighted by Gasteiger charge is -2.37. The van der Waals surface area contributed by atoms with E-state index in [1.165, 1.54) is 12.8 Å². The third kappa shape index (κ3) is 5.28. The highest BCUT2D eigenvalue weighted by atomic mass is 35.5. The lowest BCUT2D eigenvalue weighted by molar-refractivity contribution is -0.123. The molecule has 6 heteroatoms. The van der Waals surface area contributed by atoms with E-state index in [1.807, 2.05) is 48.5 Å². The van der Waals surface area contributed by atoms with Crippen molar-refractivity contribution in [3.8, 4) is 6.07 Å². The van der Waals surface area contributed by atoms with E-state index in [2.05, 4.69) is 37.5 Å². The Morgan fingerprint density at radius 2 is 1.85 bits per heavy atom. The van der Waals surface area contributed by atoms with Gasteiger partial charge in [0.15, 0.2) is 0 Å². The first-order valence-corrected chi connectivity index (χ1v) is 12.9. The van der Waals surface area contributed by atoms with E-state index >= 15 is 0 Å². The molecule has 1 amide bonds. The summed E-state index contributed by atoms with van der Waals surface area (Å²) in [6.07, 6.45) is 4.24. The van der Waals surface area contributed by atoms with Gasteiger partial charge in [0.05, 0.1) is 12.1 Å². The van der Waals surface area contributed by atoms with Gasteiger partial charge in [-0.1, -0.05) is 81.1 Å². The number of carbonyl (C=O) groups excluding carboxylic acids is 1. The van der Waals surface area contributed by atoms with E-state index in [0.29, 0.717) is 16.6 Å². The van der Waals surface area contributed by atoms with E-state index in [-0.39, 0.29) is 17.4 Å². The van der Waals surface area contributed by atoms with Crippen LogP contribution in [0.4, 0.5) is 0 Å². The second-order valence-electron chi connectivity index (χ2n) is 11.0.